The summed E-state index contributed by atoms with van der Waals surface area (Å²) in [7, 11) is 1.73. The number of hydrogen-bond acceptors (Lipinski definition) is 10. The van der Waals surface area contributed by atoms with Crippen molar-refractivity contribution in [2.75, 3.05) is 20.3 Å². The quantitative estimate of drug-likeness (QED) is 0.152. The number of rotatable bonds is 12. The Labute approximate surface area is 263 Å². The summed E-state index contributed by atoms with van der Waals surface area (Å²) in [6.45, 7) is 0.978. The average molecular weight is 635 g/mol. The molecule has 13 nitrogen and oxygen atoms in total. The van der Waals surface area contributed by atoms with Gasteiger partial charge in [0.2, 0.25) is 5.89 Å². The number of oxazole rings is 1. The first-order chi connectivity index (χ1) is 22.1. The SMILES string of the molecule is CO[C@H]1C[C@H](c2nc(-c3ccccc3)c(-c3ccccc3)o2)N(Cc2cccc(OCC(=O)O)c2)C1.O=C(O)C(O)C(O)C(=O)O. The second-order valence-electron chi connectivity index (χ2n) is 10.4. The van der Waals surface area contributed by atoms with Crippen molar-refractivity contribution in [2.45, 2.75) is 37.3 Å². The van der Waals surface area contributed by atoms with E-state index in [1.54, 1.807) is 13.2 Å². The number of likely N-dealkylation sites (tertiary alicyclic amines) is 1. The monoisotopic (exact) mass is 634 g/mol. The summed E-state index contributed by atoms with van der Waals surface area (Å²) in [4.78, 5) is 37.7. The third-order valence-corrected chi connectivity index (χ3v) is 7.16. The summed E-state index contributed by atoms with van der Waals surface area (Å²) in [6.07, 6.45) is -3.72. The summed E-state index contributed by atoms with van der Waals surface area (Å²) < 4.78 is 17.6. The van der Waals surface area contributed by atoms with E-state index in [0.717, 1.165) is 41.1 Å². The summed E-state index contributed by atoms with van der Waals surface area (Å²) in [5, 5.41) is 41.4. The van der Waals surface area contributed by atoms with Gasteiger partial charge in [-0.1, -0.05) is 72.8 Å². The van der Waals surface area contributed by atoms with Crippen LogP contribution in [0.3, 0.4) is 0 Å². The molecule has 0 spiro atoms. The average Bonchev–Trinajstić information content (AvgIpc) is 3.69. The summed E-state index contributed by atoms with van der Waals surface area (Å²) in [5.74, 6) is -2.60. The normalized spacial score (nSPS) is 17.4. The molecule has 1 aliphatic heterocycles. The molecule has 0 saturated carbocycles. The van der Waals surface area contributed by atoms with E-state index in [2.05, 4.69) is 4.90 Å². The summed E-state index contributed by atoms with van der Waals surface area (Å²) in [5.41, 5.74) is 3.81. The Bertz CT molecular complexity index is 1540. The number of carboxylic acids is 3. The van der Waals surface area contributed by atoms with E-state index in [0.29, 0.717) is 18.2 Å². The van der Waals surface area contributed by atoms with Crippen LogP contribution >= 0.6 is 0 Å². The van der Waals surface area contributed by atoms with Crippen LogP contribution in [-0.2, 0) is 25.7 Å². The summed E-state index contributed by atoms with van der Waals surface area (Å²) >= 11 is 0. The van der Waals surface area contributed by atoms with Gasteiger partial charge in [0.1, 0.15) is 11.4 Å². The van der Waals surface area contributed by atoms with E-state index in [4.69, 9.17) is 44.4 Å². The highest BCUT2D eigenvalue weighted by Crippen LogP contribution is 2.40. The molecular weight excluding hydrogens is 600 g/mol. The lowest BCUT2D eigenvalue weighted by Gasteiger charge is -2.22. The highest BCUT2D eigenvalue weighted by atomic mass is 16.5. The number of nitrogens with zero attached hydrogens (tertiary/aromatic N) is 2. The van der Waals surface area contributed by atoms with Gasteiger partial charge in [-0.05, 0) is 24.1 Å². The van der Waals surface area contributed by atoms with Gasteiger partial charge < -0.3 is 39.4 Å². The Morgan fingerprint density at radius 3 is 2.07 bits per heavy atom. The molecule has 0 aliphatic carbocycles. The van der Waals surface area contributed by atoms with Gasteiger partial charge in [-0.2, -0.15) is 0 Å². The number of aliphatic hydroxyl groups is 2. The number of aliphatic carboxylic acids is 3. The van der Waals surface area contributed by atoms with E-state index >= 15 is 0 Å². The van der Waals surface area contributed by atoms with Crippen LogP contribution in [0.25, 0.3) is 22.6 Å². The van der Waals surface area contributed by atoms with E-state index in [1.807, 2.05) is 78.9 Å². The van der Waals surface area contributed by atoms with E-state index in [1.165, 1.54) is 0 Å². The Morgan fingerprint density at radius 1 is 0.891 bits per heavy atom. The molecule has 2 heterocycles. The largest absolute Gasteiger partial charge is 0.482 e. The predicted octanol–water partition coefficient (Wildman–Crippen LogP) is 3.31. The molecule has 5 N–H and O–H groups in total. The lowest BCUT2D eigenvalue weighted by atomic mass is 10.1. The van der Waals surface area contributed by atoms with Crippen LogP contribution in [-0.4, -0.2) is 91.9 Å². The third-order valence-electron chi connectivity index (χ3n) is 7.16. The molecule has 3 aromatic carbocycles. The van der Waals surface area contributed by atoms with E-state index in [-0.39, 0.29) is 18.8 Å². The van der Waals surface area contributed by atoms with Gasteiger partial charge in [0.05, 0.1) is 12.1 Å². The Hall–Kier alpha value is -5.08. The highest BCUT2D eigenvalue weighted by molar-refractivity contribution is 5.83. The van der Waals surface area contributed by atoms with Crippen molar-refractivity contribution in [1.82, 2.24) is 9.88 Å². The lowest BCUT2D eigenvalue weighted by molar-refractivity contribution is -0.165. The van der Waals surface area contributed by atoms with Gasteiger partial charge in [-0.3, -0.25) is 4.90 Å². The number of carbonyl (C=O) groups is 3. The minimum atomic E-state index is -2.27. The van der Waals surface area contributed by atoms with Gasteiger partial charge in [-0.25, -0.2) is 19.4 Å². The van der Waals surface area contributed by atoms with E-state index in [9.17, 15) is 14.4 Å². The van der Waals surface area contributed by atoms with Crippen molar-refractivity contribution < 1.29 is 53.8 Å². The topological polar surface area (TPSA) is 200 Å². The molecule has 0 amide bonds. The molecule has 0 bridgehead atoms. The molecular formula is C33H34N2O11. The number of methoxy groups -OCH3 is 1. The number of aliphatic hydroxyl groups excluding tert-OH is 2. The zero-order chi connectivity index (χ0) is 33.2. The Balaban J connectivity index is 0.000000416. The second kappa shape index (κ2) is 15.8. The van der Waals surface area contributed by atoms with Crippen molar-refractivity contribution in [2.24, 2.45) is 0 Å². The maximum atomic E-state index is 10.9. The van der Waals surface area contributed by atoms with Crippen molar-refractivity contribution in [3.8, 4) is 28.3 Å². The minimum absolute atomic E-state index is 0.0497. The van der Waals surface area contributed by atoms with Gasteiger partial charge in [0.15, 0.2) is 24.6 Å². The highest BCUT2D eigenvalue weighted by Gasteiger charge is 2.37. The maximum Gasteiger partial charge on any atom is 0.341 e. The summed E-state index contributed by atoms with van der Waals surface area (Å²) in [6, 6.07) is 27.6. The molecule has 1 saturated heterocycles. The van der Waals surface area contributed by atoms with Crippen LogP contribution in [0.1, 0.15) is 23.9 Å². The second-order valence-corrected chi connectivity index (χ2v) is 10.4. The number of aromatic nitrogens is 1. The Kier molecular flexibility index (Phi) is 11.6. The number of hydrogen-bond donors (Lipinski definition) is 5. The van der Waals surface area contributed by atoms with Crippen LogP contribution < -0.4 is 4.74 Å². The fourth-order valence-corrected chi connectivity index (χ4v) is 4.90. The number of benzene rings is 3. The molecule has 1 fully saturated rings. The molecule has 4 aromatic rings. The van der Waals surface area contributed by atoms with Gasteiger partial charge >= 0.3 is 17.9 Å². The Morgan fingerprint density at radius 2 is 1.50 bits per heavy atom. The molecule has 1 aromatic heterocycles. The molecule has 5 rings (SSSR count). The first-order valence-electron chi connectivity index (χ1n) is 14.2. The molecule has 242 valence electrons. The molecule has 13 heteroatoms. The fraction of sp³-hybridized carbons (Fsp3) is 0.273. The van der Waals surface area contributed by atoms with Crippen LogP contribution in [0.15, 0.2) is 89.3 Å². The van der Waals surface area contributed by atoms with Crippen molar-refractivity contribution >= 4 is 17.9 Å². The smallest absolute Gasteiger partial charge is 0.341 e. The zero-order valence-electron chi connectivity index (χ0n) is 24.8. The van der Waals surface area contributed by atoms with Gasteiger partial charge in [0.25, 0.3) is 0 Å². The molecule has 46 heavy (non-hydrogen) atoms. The third kappa shape index (κ3) is 8.76. The molecule has 4 atom stereocenters. The van der Waals surface area contributed by atoms with Gasteiger partial charge in [0, 0.05) is 31.3 Å². The molecule has 2 unspecified atom stereocenters. The first-order valence-corrected chi connectivity index (χ1v) is 14.2. The first kappa shape index (κ1) is 33.8. The van der Waals surface area contributed by atoms with Crippen LogP contribution in [0.5, 0.6) is 5.75 Å². The molecule has 1 aliphatic rings. The lowest BCUT2D eigenvalue weighted by Crippen LogP contribution is -2.39. The van der Waals surface area contributed by atoms with Crippen LogP contribution in [0.2, 0.25) is 0 Å². The van der Waals surface area contributed by atoms with Gasteiger partial charge in [-0.15, -0.1) is 0 Å². The van der Waals surface area contributed by atoms with Crippen molar-refractivity contribution in [3.05, 3.63) is 96.4 Å². The van der Waals surface area contributed by atoms with Crippen molar-refractivity contribution in [1.29, 1.82) is 0 Å². The minimum Gasteiger partial charge on any atom is -0.482 e. The maximum absolute atomic E-state index is 10.9. The number of ether oxygens (including phenoxy) is 2. The van der Waals surface area contributed by atoms with Crippen LogP contribution in [0, 0.1) is 0 Å². The zero-order valence-corrected chi connectivity index (χ0v) is 24.8. The van der Waals surface area contributed by atoms with Crippen LogP contribution in [0.4, 0.5) is 0 Å². The van der Waals surface area contributed by atoms with E-state index < -0.39 is 30.1 Å². The number of carboxylic acid groups (broad SMARTS) is 3. The predicted molar refractivity (Wildman–Crippen MR) is 163 cm³/mol. The van der Waals surface area contributed by atoms with Crippen molar-refractivity contribution in [3.63, 3.8) is 0 Å². The molecule has 0 radical (unpaired) electrons. The standard InChI is InChI=1S/C29H28N2O5.C4H6O6/c1-34-24-16-25(31(18-24)17-20-9-8-14-23(15-20)35-19-26(32)33)29-30-27(21-10-4-2-5-11-21)28(36-29)22-12-6-3-7-13-22;5-1(3(7)8)2(6)4(9)10/h2-15,24-25H,16-19H2,1H3,(H,32,33);1-2,5-6H,(H,7,8)(H,9,10)/t24-,25+;/m0./s1. The fourth-order valence-electron chi connectivity index (χ4n) is 4.90.